The maximum Gasteiger partial charge on any atom is 0.309 e. The topological polar surface area (TPSA) is 83.8 Å². The zero-order valence-electron chi connectivity index (χ0n) is 16.9. The maximum atomic E-state index is 12.2. The Balaban J connectivity index is 3.90. The predicted octanol–water partition coefficient (Wildman–Crippen LogP) is 5.09. The number of aliphatic hydroxyl groups excluding tert-OH is 1. The third kappa shape index (κ3) is 16.4. The molecule has 0 amide bonds. The fraction of sp³-hybridized carbons (Fsp3) is 0.905. The molecule has 0 fully saturated rings. The molecule has 2 N–H and O–H groups in total. The van der Waals surface area contributed by atoms with E-state index in [-0.39, 0.29) is 24.9 Å². The Kier molecular flexibility index (Phi) is 16.6. The SMILES string of the molecule is CCCCCCC(CCCCCCCCCC(=O)O)C(=O)OCC(C)O. The van der Waals surface area contributed by atoms with Gasteiger partial charge in [-0.1, -0.05) is 71.1 Å². The molecular weight excluding hydrogens is 332 g/mol. The molecule has 0 bridgehead atoms. The van der Waals surface area contributed by atoms with Crippen LogP contribution in [0.1, 0.15) is 104 Å². The van der Waals surface area contributed by atoms with E-state index in [4.69, 9.17) is 9.84 Å². The van der Waals surface area contributed by atoms with Gasteiger partial charge < -0.3 is 14.9 Å². The molecule has 0 rings (SSSR count). The minimum absolute atomic E-state index is 0.0406. The number of aliphatic hydroxyl groups is 1. The first-order valence-electron chi connectivity index (χ1n) is 10.5. The highest BCUT2D eigenvalue weighted by Crippen LogP contribution is 2.20. The molecule has 0 aliphatic carbocycles. The van der Waals surface area contributed by atoms with Crippen LogP contribution in [0.5, 0.6) is 0 Å². The lowest BCUT2D eigenvalue weighted by atomic mass is 9.94. The van der Waals surface area contributed by atoms with Crippen LogP contribution in [-0.4, -0.2) is 34.9 Å². The first-order chi connectivity index (χ1) is 12.5. The zero-order valence-corrected chi connectivity index (χ0v) is 16.9. The first kappa shape index (κ1) is 24.9. The molecule has 2 atom stereocenters. The second-order valence-corrected chi connectivity index (χ2v) is 7.43. The van der Waals surface area contributed by atoms with Gasteiger partial charge in [0.15, 0.2) is 0 Å². The van der Waals surface area contributed by atoms with Crippen LogP contribution in [0.3, 0.4) is 0 Å². The number of ether oxygens (including phenoxy) is 1. The van der Waals surface area contributed by atoms with Crippen LogP contribution in [0.25, 0.3) is 0 Å². The van der Waals surface area contributed by atoms with Crippen molar-refractivity contribution in [1.29, 1.82) is 0 Å². The van der Waals surface area contributed by atoms with Crippen LogP contribution in [-0.2, 0) is 14.3 Å². The maximum absolute atomic E-state index is 12.2. The predicted molar refractivity (Wildman–Crippen MR) is 104 cm³/mol. The molecule has 2 unspecified atom stereocenters. The van der Waals surface area contributed by atoms with Crippen molar-refractivity contribution in [3.05, 3.63) is 0 Å². The standard InChI is InChI=1S/C21H40O5/c1-3-4-5-11-14-19(21(25)26-17-18(2)22)15-12-9-7-6-8-10-13-16-20(23)24/h18-19,22H,3-17H2,1-2H3,(H,23,24). The quantitative estimate of drug-likeness (QED) is 0.258. The van der Waals surface area contributed by atoms with Gasteiger partial charge in [0.2, 0.25) is 0 Å². The molecule has 0 saturated heterocycles. The summed E-state index contributed by atoms with van der Waals surface area (Å²) in [6.07, 6.45) is 13.3. The molecule has 0 spiro atoms. The highest BCUT2D eigenvalue weighted by atomic mass is 16.5. The van der Waals surface area contributed by atoms with Gasteiger partial charge in [-0.2, -0.15) is 0 Å². The number of hydrogen-bond acceptors (Lipinski definition) is 4. The summed E-state index contributed by atoms with van der Waals surface area (Å²) in [5.41, 5.74) is 0. The van der Waals surface area contributed by atoms with Gasteiger partial charge in [-0.15, -0.1) is 0 Å². The van der Waals surface area contributed by atoms with Gasteiger partial charge in [0.1, 0.15) is 6.61 Å². The Morgan fingerprint density at radius 3 is 1.85 bits per heavy atom. The summed E-state index contributed by atoms with van der Waals surface area (Å²) in [5, 5.41) is 17.9. The Labute approximate surface area is 159 Å². The van der Waals surface area contributed by atoms with Crippen molar-refractivity contribution in [2.45, 2.75) is 110 Å². The highest BCUT2D eigenvalue weighted by molar-refractivity contribution is 5.72. The number of rotatable bonds is 18. The number of carboxylic acid groups (broad SMARTS) is 1. The van der Waals surface area contributed by atoms with Crippen LogP contribution in [0.4, 0.5) is 0 Å². The van der Waals surface area contributed by atoms with Gasteiger partial charge in [0.05, 0.1) is 12.0 Å². The largest absolute Gasteiger partial charge is 0.481 e. The molecule has 5 heteroatoms. The average Bonchev–Trinajstić information content (AvgIpc) is 2.59. The molecule has 5 nitrogen and oxygen atoms in total. The second-order valence-electron chi connectivity index (χ2n) is 7.43. The summed E-state index contributed by atoms with van der Waals surface area (Å²) < 4.78 is 5.23. The summed E-state index contributed by atoms with van der Waals surface area (Å²) in [6, 6.07) is 0. The molecule has 0 aromatic heterocycles. The van der Waals surface area contributed by atoms with E-state index in [1.54, 1.807) is 6.92 Å². The smallest absolute Gasteiger partial charge is 0.309 e. The van der Waals surface area contributed by atoms with Crippen molar-refractivity contribution in [2.75, 3.05) is 6.61 Å². The van der Waals surface area contributed by atoms with E-state index in [1.807, 2.05) is 0 Å². The van der Waals surface area contributed by atoms with Crippen molar-refractivity contribution < 1.29 is 24.5 Å². The van der Waals surface area contributed by atoms with E-state index < -0.39 is 12.1 Å². The Bertz CT molecular complexity index is 354. The molecule has 0 heterocycles. The van der Waals surface area contributed by atoms with Crippen LogP contribution >= 0.6 is 0 Å². The molecule has 0 aliphatic rings. The van der Waals surface area contributed by atoms with E-state index in [2.05, 4.69) is 6.92 Å². The van der Waals surface area contributed by atoms with E-state index in [0.717, 1.165) is 70.6 Å². The molecular formula is C21H40O5. The number of esters is 1. The fourth-order valence-electron chi connectivity index (χ4n) is 3.07. The minimum atomic E-state index is -0.711. The van der Waals surface area contributed by atoms with Crippen LogP contribution < -0.4 is 0 Å². The van der Waals surface area contributed by atoms with Gasteiger partial charge >= 0.3 is 11.9 Å². The van der Waals surface area contributed by atoms with Crippen molar-refractivity contribution >= 4 is 11.9 Å². The molecule has 0 aliphatic heterocycles. The zero-order chi connectivity index (χ0) is 19.6. The van der Waals surface area contributed by atoms with Crippen LogP contribution in [0.15, 0.2) is 0 Å². The van der Waals surface area contributed by atoms with Crippen molar-refractivity contribution in [1.82, 2.24) is 0 Å². The third-order valence-corrected chi connectivity index (χ3v) is 4.65. The number of hydrogen-bond donors (Lipinski definition) is 2. The third-order valence-electron chi connectivity index (χ3n) is 4.65. The minimum Gasteiger partial charge on any atom is -0.481 e. The number of carboxylic acids is 1. The van der Waals surface area contributed by atoms with Gasteiger partial charge in [-0.25, -0.2) is 0 Å². The fourth-order valence-corrected chi connectivity index (χ4v) is 3.07. The van der Waals surface area contributed by atoms with Crippen LogP contribution in [0, 0.1) is 5.92 Å². The normalized spacial score (nSPS) is 13.3. The lowest BCUT2D eigenvalue weighted by Crippen LogP contribution is -2.22. The molecule has 26 heavy (non-hydrogen) atoms. The van der Waals surface area contributed by atoms with Gasteiger partial charge in [0.25, 0.3) is 0 Å². The summed E-state index contributed by atoms with van der Waals surface area (Å²) >= 11 is 0. The van der Waals surface area contributed by atoms with Gasteiger partial charge in [-0.3, -0.25) is 9.59 Å². The summed E-state index contributed by atoms with van der Waals surface area (Å²) in [4.78, 5) is 22.7. The Morgan fingerprint density at radius 1 is 0.846 bits per heavy atom. The molecule has 0 saturated carbocycles. The number of carbonyl (C=O) groups is 2. The second kappa shape index (κ2) is 17.3. The summed E-state index contributed by atoms with van der Waals surface area (Å²) in [6.45, 7) is 3.89. The Hall–Kier alpha value is -1.10. The van der Waals surface area contributed by atoms with Crippen LogP contribution in [0.2, 0.25) is 0 Å². The molecule has 0 aromatic rings. The van der Waals surface area contributed by atoms with Gasteiger partial charge in [0, 0.05) is 6.42 Å². The lowest BCUT2D eigenvalue weighted by molar-refractivity contribution is -0.151. The van der Waals surface area contributed by atoms with Crippen molar-refractivity contribution in [3.63, 3.8) is 0 Å². The molecule has 0 aromatic carbocycles. The van der Waals surface area contributed by atoms with E-state index >= 15 is 0 Å². The van der Waals surface area contributed by atoms with E-state index in [0.29, 0.717) is 0 Å². The monoisotopic (exact) mass is 372 g/mol. The lowest BCUT2D eigenvalue weighted by Gasteiger charge is -2.16. The summed E-state index contributed by atoms with van der Waals surface area (Å²) in [7, 11) is 0. The van der Waals surface area contributed by atoms with E-state index in [1.165, 1.54) is 12.8 Å². The number of carbonyl (C=O) groups excluding carboxylic acids is 1. The van der Waals surface area contributed by atoms with Crippen molar-refractivity contribution in [2.24, 2.45) is 5.92 Å². The highest BCUT2D eigenvalue weighted by Gasteiger charge is 2.19. The van der Waals surface area contributed by atoms with Crippen molar-refractivity contribution in [3.8, 4) is 0 Å². The first-order valence-corrected chi connectivity index (χ1v) is 10.5. The number of unbranched alkanes of at least 4 members (excludes halogenated alkanes) is 9. The average molecular weight is 373 g/mol. The number of aliphatic carboxylic acids is 1. The summed E-state index contributed by atoms with van der Waals surface area (Å²) in [5.74, 6) is -0.908. The Morgan fingerprint density at radius 2 is 1.35 bits per heavy atom. The van der Waals surface area contributed by atoms with Gasteiger partial charge in [-0.05, 0) is 26.2 Å². The molecule has 154 valence electrons. The van der Waals surface area contributed by atoms with E-state index in [9.17, 15) is 14.7 Å². The molecule has 0 radical (unpaired) electrons.